The molecular weight excluding hydrogens is 124 g/mol. The molecule has 2 heteroatoms. The van der Waals surface area contributed by atoms with Gasteiger partial charge in [-0.05, 0) is 13.8 Å². The largest absolute Gasteiger partial charge is 0.245 e. The maximum Gasteiger partial charge on any atom is 0.125 e. The van der Waals surface area contributed by atoms with Crippen molar-refractivity contribution in [2.24, 2.45) is 15.9 Å². The van der Waals surface area contributed by atoms with Crippen LogP contribution in [0.5, 0.6) is 0 Å². The van der Waals surface area contributed by atoms with Gasteiger partial charge in [-0.25, -0.2) is 9.98 Å². The van der Waals surface area contributed by atoms with E-state index < -0.39 is 0 Å². The molecule has 1 aliphatic rings. The summed E-state index contributed by atoms with van der Waals surface area (Å²) < 4.78 is 0. The Bertz CT molecular complexity index is 211. The third-order valence-electron chi connectivity index (χ3n) is 1.34. The Morgan fingerprint density at radius 3 is 2.80 bits per heavy atom. The molecule has 0 spiro atoms. The molecule has 0 amide bonds. The lowest BCUT2D eigenvalue weighted by molar-refractivity contribution is 1.01. The SMILES string of the molecule is CC1=CC(C)C=NC(C)=N1. The van der Waals surface area contributed by atoms with Crippen molar-refractivity contribution in [3.8, 4) is 0 Å². The van der Waals surface area contributed by atoms with Gasteiger partial charge in [0.05, 0.1) is 0 Å². The first kappa shape index (κ1) is 7.19. The average Bonchev–Trinajstić information content (AvgIpc) is 1.93. The molecule has 0 saturated heterocycles. The smallest absolute Gasteiger partial charge is 0.125 e. The van der Waals surface area contributed by atoms with Gasteiger partial charge < -0.3 is 0 Å². The zero-order valence-corrected chi connectivity index (χ0v) is 6.63. The Morgan fingerprint density at radius 2 is 2.10 bits per heavy atom. The zero-order chi connectivity index (χ0) is 7.56. The molecule has 0 aromatic rings. The van der Waals surface area contributed by atoms with E-state index in [1.165, 1.54) is 0 Å². The van der Waals surface area contributed by atoms with Crippen LogP contribution in [-0.4, -0.2) is 12.1 Å². The Labute approximate surface area is 61.4 Å². The molecule has 1 unspecified atom stereocenters. The zero-order valence-electron chi connectivity index (χ0n) is 6.63. The standard InChI is InChI=1S/C8H12N2/c1-6-4-7(2)10-8(3)9-5-6/h4-6H,1-3H3. The molecule has 1 aliphatic heterocycles. The summed E-state index contributed by atoms with van der Waals surface area (Å²) >= 11 is 0. The van der Waals surface area contributed by atoms with E-state index >= 15 is 0 Å². The number of aliphatic imine (C=N–C) groups is 2. The predicted molar refractivity (Wildman–Crippen MR) is 44.5 cm³/mol. The Morgan fingerprint density at radius 1 is 1.40 bits per heavy atom. The van der Waals surface area contributed by atoms with Crippen LogP contribution in [0.15, 0.2) is 21.8 Å². The molecule has 1 heterocycles. The molecule has 0 aromatic heterocycles. The Kier molecular flexibility index (Phi) is 2.00. The molecule has 0 saturated carbocycles. The lowest BCUT2D eigenvalue weighted by Crippen LogP contribution is -1.90. The van der Waals surface area contributed by atoms with Crippen LogP contribution in [0.3, 0.4) is 0 Å². The van der Waals surface area contributed by atoms with Crippen LogP contribution in [0.2, 0.25) is 0 Å². The molecule has 0 aliphatic carbocycles. The fraction of sp³-hybridized carbons (Fsp3) is 0.500. The van der Waals surface area contributed by atoms with E-state index in [4.69, 9.17) is 0 Å². The van der Waals surface area contributed by atoms with E-state index in [0.717, 1.165) is 11.5 Å². The summed E-state index contributed by atoms with van der Waals surface area (Å²) in [6.07, 6.45) is 4.01. The van der Waals surface area contributed by atoms with Crippen molar-refractivity contribution in [3.05, 3.63) is 11.8 Å². The molecule has 0 bridgehead atoms. The summed E-state index contributed by atoms with van der Waals surface area (Å²) in [6, 6.07) is 0. The van der Waals surface area contributed by atoms with Gasteiger partial charge in [-0.3, -0.25) is 0 Å². The first-order chi connectivity index (χ1) is 4.68. The van der Waals surface area contributed by atoms with Crippen LogP contribution in [0.1, 0.15) is 20.8 Å². The molecular formula is C8H12N2. The number of hydrogen-bond acceptors (Lipinski definition) is 2. The van der Waals surface area contributed by atoms with Gasteiger partial charge in [0, 0.05) is 17.8 Å². The van der Waals surface area contributed by atoms with Crippen molar-refractivity contribution in [2.45, 2.75) is 20.8 Å². The second kappa shape index (κ2) is 2.78. The van der Waals surface area contributed by atoms with Crippen molar-refractivity contribution >= 4 is 12.1 Å². The quantitative estimate of drug-likeness (QED) is 0.487. The van der Waals surface area contributed by atoms with Crippen LogP contribution in [-0.2, 0) is 0 Å². The normalized spacial score (nSPS) is 25.3. The summed E-state index contributed by atoms with van der Waals surface area (Å²) in [6.45, 7) is 6.00. The monoisotopic (exact) mass is 136 g/mol. The maximum absolute atomic E-state index is 4.21. The molecule has 10 heavy (non-hydrogen) atoms. The van der Waals surface area contributed by atoms with Crippen LogP contribution in [0.25, 0.3) is 0 Å². The molecule has 2 nitrogen and oxygen atoms in total. The molecule has 0 radical (unpaired) electrons. The summed E-state index contributed by atoms with van der Waals surface area (Å²) in [5.41, 5.74) is 1.06. The van der Waals surface area contributed by atoms with Crippen LogP contribution in [0.4, 0.5) is 0 Å². The maximum atomic E-state index is 4.21. The van der Waals surface area contributed by atoms with Gasteiger partial charge in [0.25, 0.3) is 0 Å². The first-order valence-electron chi connectivity index (χ1n) is 3.46. The van der Waals surface area contributed by atoms with E-state index in [0.29, 0.717) is 5.92 Å². The molecule has 0 aromatic carbocycles. The lowest BCUT2D eigenvalue weighted by atomic mass is 10.2. The lowest BCUT2D eigenvalue weighted by Gasteiger charge is -1.92. The van der Waals surface area contributed by atoms with Gasteiger partial charge in [0.1, 0.15) is 5.84 Å². The van der Waals surface area contributed by atoms with Gasteiger partial charge in [0.2, 0.25) is 0 Å². The summed E-state index contributed by atoms with van der Waals surface area (Å²) in [7, 11) is 0. The van der Waals surface area contributed by atoms with Crippen molar-refractivity contribution in [1.29, 1.82) is 0 Å². The summed E-state index contributed by atoms with van der Waals surface area (Å²) in [5.74, 6) is 1.26. The van der Waals surface area contributed by atoms with Gasteiger partial charge in [-0.15, -0.1) is 0 Å². The number of hydrogen-bond donors (Lipinski definition) is 0. The third kappa shape index (κ3) is 1.79. The van der Waals surface area contributed by atoms with E-state index in [1.54, 1.807) is 0 Å². The Balaban J connectivity index is 2.88. The number of amidine groups is 1. The van der Waals surface area contributed by atoms with Gasteiger partial charge in [-0.1, -0.05) is 13.0 Å². The molecule has 0 fully saturated rings. The summed E-state index contributed by atoms with van der Waals surface area (Å²) in [4.78, 5) is 8.33. The second-order valence-electron chi connectivity index (χ2n) is 2.60. The van der Waals surface area contributed by atoms with Crippen molar-refractivity contribution in [2.75, 3.05) is 0 Å². The highest BCUT2D eigenvalue weighted by molar-refractivity contribution is 5.89. The molecule has 1 atom stereocenters. The van der Waals surface area contributed by atoms with E-state index in [1.807, 2.05) is 20.1 Å². The number of allylic oxidation sites excluding steroid dienone is 2. The summed E-state index contributed by atoms with van der Waals surface area (Å²) in [5, 5.41) is 0. The van der Waals surface area contributed by atoms with E-state index in [-0.39, 0.29) is 0 Å². The molecule has 1 rings (SSSR count). The highest BCUT2D eigenvalue weighted by Gasteiger charge is 1.98. The molecule has 0 N–H and O–H groups in total. The fourth-order valence-electron chi connectivity index (χ4n) is 0.970. The van der Waals surface area contributed by atoms with Crippen molar-refractivity contribution in [3.63, 3.8) is 0 Å². The number of nitrogens with zero attached hydrogens (tertiary/aromatic N) is 2. The highest BCUT2D eigenvalue weighted by atomic mass is 14.9. The minimum atomic E-state index is 0.418. The highest BCUT2D eigenvalue weighted by Crippen LogP contribution is 2.06. The Hall–Kier alpha value is -0.920. The average molecular weight is 136 g/mol. The predicted octanol–water partition coefficient (Wildman–Crippen LogP) is 2.03. The van der Waals surface area contributed by atoms with Gasteiger partial charge >= 0.3 is 0 Å². The van der Waals surface area contributed by atoms with Crippen LogP contribution < -0.4 is 0 Å². The van der Waals surface area contributed by atoms with Gasteiger partial charge in [0.15, 0.2) is 0 Å². The van der Waals surface area contributed by atoms with E-state index in [2.05, 4.69) is 23.0 Å². The van der Waals surface area contributed by atoms with Crippen molar-refractivity contribution < 1.29 is 0 Å². The van der Waals surface area contributed by atoms with Gasteiger partial charge in [-0.2, -0.15) is 0 Å². The minimum absolute atomic E-state index is 0.418. The third-order valence-corrected chi connectivity index (χ3v) is 1.34. The number of rotatable bonds is 0. The minimum Gasteiger partial charge on any atom is -0.245 e. The van der Waals surface area contributed by atoms with Crippen molar-refractivity contribution in [1.82, 2.24) is 0 Å². The van der Waals surface area contributed by atoms with E-state index in [9.17, 15) is 0 Å². The van der Waals surface area contributed by atoms with Crippen LogP contribution >= 0.6 is 0 Å². The second-order valence-corrected chi connectivity index (χ2v) is 2.60. The first-order valence-corrected chi connectivity index (χ1v) is 3.46. The topological polar surface area (TPSA) is 24.7 Å². The van der Waals surface area contributed by atoms with Crippen LogP contribution in [0, 0.1) is 5.92 Å². The molecule has 54 valence electrons. The fourth-order valence-corrected chi connectivity index (χ4v) is 0.970.